The van der Waals surface area contributed by atoms with Gasteiger partial charge in [-0.3, -0.25) is 14.4 Å². The summed E-state index contributed by atoms with van der Waals surface area (Å²) in [5.41, 5.74) is 0.545. The lowest BCUT2D eigenvalue weighted by molar-refractivity contribution is -0.183. The Balaban J connectivity index is 1.69. The zero-order valence-corrected chi connectivity index (χ0v) is 15.0. The van der Waals surface area contributed by atoms with E-state index >= 15 is 0 Å². The minimum absolute atomic E-state index is 0.0323. The molecule has 0 radical (unpaired) electrons. The first-order valence-electron chi connectivity index (χ1n) is 8.52. The summed E-state index contributed by atoms with van der Waals surface area (Å²) in [5.74, 6) is -0.270. The molecule has 1 atom stereocenters. The molecule has 0 spiro atoms. The Kier molecular flexibility index (Phi) is 5.51. The van der Waals surface area contributed by atoms with Gasteiger partial charge in [-0.15, -0.1) is 0 Å². The summed E-state index contributed by atoms with van der Waals surface area (Å²) >= 11 is 0. The number of nitrogens with one attached hydrogen (secondary N) is 2. The largest absolute Gasteiger partial charge is 0.440 e. The maximum Gasteiger partial charge on any atom is 0.405 e. The van der Waals surface area contributed by atoms with Gasteiger partial charge >= 0.3 is 6.18 Å². The van der Waals surface area contributed by atoms with E-state index in [-0.39, 0.29) is 30.4 Å². The van der Waals surface area contributed by atoms with Gasteiger partial charge in [-0.1, -0.05) is 0 Å². The van der Waals surface area contributed by atoms with Crippen molar-refractivity contribution in [3.05, 3.63) is 23.8 Å². The second-order valence-electron chi connectivity index (χ2n) is 6.38. The molecule has 2 aromatic rings. The number of carbonyl (C=O) groups excluding carboxylic acids is 1. The molecule has 27 heavy (non-hydrogen) atoms. The average Bonchev–Trinajstić information content (AvgIpc) is 3.20. The van der Waals surface area contributed by atoms with Crippen molar-refractivity contribution in [1.82, 2.24) is 30.3 Å². The second-order valence-corrected chi connectivity index (χ2v) is 6.38. The second kappa shape index (κ2) is 7.69. The summed E-state index contributed by atoms with van der Waals surface area (Å²) in [5, 5.41) is 9.36. The van der Waals surface area contributed by atoms with E-state index in [1.807, 2.05) is 0 Å². The van der Waals surface area contributed by atoms with E-state index < -0.39 is 24.7 Å². The highest BCUT2D eigenvalue weighted by atomic mass is 19.4. The fourth-order valence-electron chi connectivity index (χ4n) is 2.98. The minimum atomic E-state index is -4.44. The van der Waals surface area contributed by atoms with Crippen LogP contribution in [0.1, 0.15) is 16.2 Å². The monoisotopic (exact) mass is 386 g/mol. The number of nitrogens with zero attached hydrogens (tertiary/aromatic N) is 4. The topological polar surface area (TPSA) is 88.2 Å². The number of alkyl halides is 3. The Morgan fingerprint density at radius 1 is 1.41 bits per heavy atom. The lowest BCUT2D eigenvalue weighted by atomic mass is 10.2. The third-order valence-electron chi connectivity index (χ3n) is 4.39. The van der Waals surface area contributed by atoms with E-state index in [0.717, 1.165) is 0 Å². The Morgan fingerprint density at radius 2 is 2.11 bits per heavy atom. The van der Waals surface area contributed by atoms with E-state index in [1.54, 1.807) is 24.9 Å². The Labute approximate surface area is 153 Å². The third kappa shape index (κ3) is 4.48. The quantitative estimate of drug-likeness (QED) is 0.796. The molecule has 1 aliphatic heterocycles. The number of piperazine rings is 1. The molecular formula is C16H21F3N6O2. The maximum absolute atomic E-state index is 13.4. The summed E-state index contributed by atoms with van der Waals surface area (Å²) in [4.78, 5) is 17.8. The number of hydrogen-bond donors (Lipinski definition) is 2. The average molecular weight is 386 g/mol. The van der Waals surface area contributed by atoms with Gasteiger partial charge in [-0.05, 0) is 6.92 Å². The molecule has 2 N–H and O–H groups in total. The van der Waals surface area contributed by atoms with Crippen LogP contribution in [-0.2, 0) is 7.05 Å². The highest BCUT2D eigenvalue weighted by molar-refractivity contribution is 5.93. The molecule has 3 rings (SSSR count). The molecule has 1 amide bonds. The van der Waals surface area contributed by atoms with Gasteiger partial charge in [0.2, 0.25) is 5.89 Å². The summed E-state index contributed by atoms with van der Waals surface area (Å²) < 4.78 is 47.2. The van der Waals surface area contributed by atoms with E-state index in [1.165, 1.54) is 11.1 Å². The van der Waals surface area contributed by atoms with Crippen LogP contribution in [0.15, 0.2) is 16.8 Å². The molecule has 0 bridgehead atoms. The van der Waals surface area contributed by atoms with Crippen molar-refractivity contribution in [2.45, 2.75) is 19.1 Å². The van der Waals surface area contributed by atoms with Crippen molar-refractivity contribution in [1.29, 1.82) is 0 Å². The number of carbonyl (C=O) groups is 1. The maximum atomic E-state index is 13.4. The van der Waals surface area contributed by atoms with Crippen molar-refractivity contribution in [2.75, 3.05) is 32.7 Å². The van der Waals surface area contributed by atoms with Gasteiger partial charge in [0.1, 0.15) is 11.8 Å². The van der Waals surface area contributed by atoms with E-state index in [0.29, 0.717) is 18.7 Å². The minimum Gasteiger partial charge on any atom is -0.440 e. The van der Waals surface area contributed by atoms with E-state index in [4.69, 9.17) is 4.42 Å². The zero-order chi connectivity index (χ0) is 19.6. The number of aryl methyl sites for hydroxylation is 2. The molecule has 2 aromatic heterocycles. The third-order valence-corrected chi connectivity index (χ3v) is 4.39. The summed E-state index contributed by atoms with van der Waals surface area (Å²) in [6.07, 6.45) is -1.25. The number of aromatic nitrogens is 3. The fraction of sp³-hybridized carbons (Fsp3) is 0.562. The van der Waals surface area contributed by atoms with Crippen LogP contribution in [-0.4, -0.2) is 70.5 Å². The van der Waals surface area contributed by atoms with Crippen molar-refractivity contribution >= 4 is 5.91 Å². The Hall–Kier alpha value is -2.40. The van der Waals surface area contributed by atoms with Crippen molar-refractivity contribution in [3.63, 3.8) is 0 Å². The van der Waals surface area contributed by atoms with Gasteiger partial charge in [0.05, 0.1) is 11.8 Å². The first-order valence-corrected chi connectivity index (χ1v) is 8.52. The molecule has 0 aliphatic carbocycles. The van der Waals surface area contributed by atoms with Crippen LogP contribution in [0.4, 0.5) is 13.2 Å². The first-order chi connectivity index (χ1) is 12.8. The number of amides is 1. The molecule has 0 aromatic carbocycles. The highest BCUT2D eigenvalue weighted by Crippen LogP contribution is 2.25. The van der Waals surface area contributed by atoms with Crippen LogP contribution >= 0.6 is 0 Å². The molecular weight excluding hydrogens is 365 g/mol. The number of hydrogen-bond acceptors (Lipinski definition) is 6. The SMILES string of the molecule is Cc1oc(-c2cnn(C)c2)nc1C(=O)NCC(N1CCNCC1)C(F)(F)F. The van der Waals surface area contributed by atoms with Gasteiger partial charge < -0.3 is 15.1 Å². The predicted molar refractivity (Wildman–Crippen MR) is 90.1 cm³/mol. The van der Waals surface area contributed by atoms with Crippen molar-refractivity contribution < 1.29 is 22.4 Å². The highest BCUT2D eigenvalue weighted by Gasteiger charge is 2.44. The van der Waals surface area contributed by atoms with Crippen LogP contribution < -0.4 is 10.6 Å². The van der Waals surface area contributed by atoms with Gasteiger partial charge in [0.25, 0.3) is 5.91 Å². The van der Waals surface area contributed by atoms with E-state index in [2.05, 4.69) is 20.7 Å². The molecule has 11 heteroatoms. The molecule has 8 nitrogen and oxygen atoms in total. The molecule has 1 unspecified atom stereocenters. The number of rotatable bonds is 5. The predicted octanol–water partition coefficient (Wildman–Crippen LogP) is 0.949. The Bertz CT molecular complexity index is 794. The van der Waals surface area contributed by atoms with Crippen molar-refractivity contribution in [2.24, 2.45) is 7.05 Å². The number of oxazole rings is 1. The molecule has 148 valence electrons. The van der Waals surface area contributed by atoms with Crippen LogP contribution in [0, 0.1) is 6.92 Å². The van der Waals surface area contributed by atoms with Crippen LogP contribution in [0.3, 0.4) is 0 Å². The van der Waals surface area contributed by atoms with E-state index in [9.17, 15) is 18.0 Å². The molecule has 1 saturated heterocycles. The molecule has 1 aliphatic rings. The lowest BCUT2D eigenvalue weighted by Gasteiger charge is -2.35. The number of halogens is 3. The standard InChI is InChI=1S/C16H21F3N6O2/c1-10-13(23-15(27-10)11-7-22-24(2)9-11)14(26)21-8-12(16(17,18)19)25-5-3-20-4-6-25/h7,9,12,20H,3-6,8H2,1-2H3,(H,21,26). The van der Waals surface area contributed by atoms with Gasteiger partial charge in [0.15, 0.2) is 5.69 Å². The van der Waals surface area contributed by atoms with Gasteiger partial charge in [-0.25, -0.2) is 4.98 Å². The molecule has 0 saturated carbocycles. The Morgan fingerprint density at radius 3 is 2.70 bits per heavy atom. The summed E-state index contributed by atoms with van der Waals surface area (Å²) in [7, 11) is 1.72. The van der Waals surface area contributed by atoms with Crippen molar-refractivity contribution in [3.8, 4) is 11.5 Å². The summed E-state index contributed by atoms with van der Waals surface area (Å²) in [6, 6.07) is -1.74. The van der Waals surface area contributed by atoms with Gasteiger partial charge in [0, 0.05) is 46.0 Å². The summed E-state index contributed by atoms with van der Waals surface area (Å²) in [6.45, 7) is 2.51. The first kappa shape index (κ1) is 19.4. The fourth-order valence-corrected chi connectivity index (χ4v) is 2.98. The zero-order valence-electron chi connectivity index (χ0n) is 15.0. The lowest BCUT2D eigenvalue weighted by Crippen LogP contribution is -2.57. The van der Waals surface area contributed by atoms with Crippen LogP contribution in [0.25, 0.3) is 11.5 Å². The van der Waals surface area contributed by atoms with Gasteiger partial charge in [-0.2, -0.15) is 18.3 Å². The molecule has 3 heterocycles. The van der Waals surface area contributed by atoms with Crippen LogP contribution in [0.2, 0.25) is 0 Å². The van der Waals surface area contributed by atoms with Crippen LogP contribution in [0.5, 0.6) is 0 Å². The molecule has 1 fully saturated rings. The smallest absolute Gasteiger partial charge is 0.405 e. The normalized spacial score (nSPS) is 17.1.